The van der Waals surface area contributed by atoms with Crippen LogP contribution in [-0.2, 0) is 54.3 Å². The third-order valence-electron chi connectivity index (χ3n) is 5.24. The molecule has 1 aliphatic rings. The number of hydrogen-bond donors (Lipinski definition) is 0. The summed E-state index contributed by atoms with van der Waals surface area (Å²) >= 11 is 0. The summed E-state index contributed by atoms with van der Waals surface area (Å²) in [5.41, 5.74) is 4.69. The van der Waals surface area contributed by atoms with Crippen LogP contribution in [0.25, 0.3) is 6.08 Å². The monoisotopic (exact) mass is 533 g/mol. The second-order valence-electron chi connectivity index (χ2n) is 8.03. The number of hydrogen-bond acceptors (Lipinski definition) is 1. The Morgan fingerprint density at radius 1 is 1.00 bits per heavy atom. The zero-order valence-electron chi connectivity index (χ0n) is 17.7. The maximum Gasteiger partial charge on any atom is 0.395 e. The van der Waals surface area contributed by atoms with Gasteiger partial charge in [0.05, 0.1) is 0 Å². The number of nitrogens with zero attached hydrogens (tertiary/aromatic N) is 1. The van der Waals surface area contributed by atoms with Gasteiger partial charge in [-0.1, -0.05) is 48.0 Å². The van der Waals surface area contributed by atoms with Gasteiger partial charge in [0, 0.05) is 68.0 Å². The molecular formula is C22H26Cl2FNOSiTi2-2. The molecule has 0 saturated heterocycles. The van der Waals surface area contributed by atoms with E-state index < -0.39 is 8.84 Å². The fraction of sp³-hybridized carbons (Fsp3) is 0.364. The van der Waals surface area contributed by atoms with Crippen LogP contribution in [0.15, 0.2) is 54.1 Å². The van der Waals surface area contributed by atoms with Crippen molar-refractivity contribution in [3.05, 3.63) is 76.6 Å². The average Bonchev–Trinajstić information content (AvgIpc) is 2.93. The molecule has 160 valence electrons. The topological polar surface area (TPSA) is 20.3 Å². The molecule has 0 fully saturated rings. The van der Waals surface area contributed by atoms with Crippen molar-refractivity contribution in [3.63, 3.8) is 0 Å². The average molecular weight is 534 g/mol. The third-order valence-corrected chi connectivity index (χ3v) is 7.42. The van der Waals surface area contributed by atoms with Gasteiger partial charge in [0.25, 0.3) is 0 Å². The SMILES string of the molecule is CN([Si](=O)CC1C(Cc2ccc(F)cc2)=Cc2ccccc21)C(C)(C)C.[Cl-].[Cl-].[Ti].[Ti]. The van der Waals surface area contributed by atoms with Crippen LogP contribution in [0.5, 0.6) is 0 Å². The Hall–Kier alpha value is -0.0645. The first-order chi connectivity index (χ1) is 12.3. The van der Waals surface area contributed by atoms with E-state index in [9.17, 15) is 8.85 Å². The number of halogens is 3. The van der Waals surface area contributed by atoms with E-state index in [2.05, 4.69) is 39.0 Å². The first-order valence-electron chi connectivity index (χ1n) is 9.06. The van der Waals surface area contributed by atoms with Crippen LogP contribution in [0, 0.1) is 5.82 Å². The molecule has 0 heterocycles. The molecule has 2 aromatic rings. The summed E-state index contributed by atoms with van der Waals surface area (Å²) in [5, 5.41) is 0. The summed E-state index contributed by atoms with van der Waals surface area (Å²) in [6.07, 6.45) is 2.98. The molecule has 2 aromatic carbocycles. The van der Waals surface area contributed by atoms with Gasteiger partial charge in [-0.15, -0.1) is 0 Å². The molecule has 8 heteroatoms. The maximum absolute atomic E-state index is 13.2. The molecule has 0 aromatic heterocycles. The molecular weight excluding hydrogens is 508 g/mol. The van der Waals surface area contributed by atoms with Gasteiger partial charge in [0.15, 0.2) is 0 Å². The Balaban J connectivity index is 0. The number of benzene rings is 2. The standard InChI is InChI=1S/C22H26FNOSi.2ClH.2Ti/c1-22(2,3)24(4)26(25)15-21-18(13-16-9-11-19(23)12-10-16)14-17-7-5-6-8-20(17)21;;;;/h5-12,14,21H,13,15H2,1-4H3;2*1H;;/p-2. The Bertz CT molecular complexity index is 857. The smallest absolute Gasteiger partial charge is 0.395 e. The van der Waals surface area contributed by atoms with E-state index >= 15 is 0 Å². The van der Waals surface area contributed by atoms with Crippen molar-refractivity contribution in [2.45, 2.75) is 44.7 Å². The zero-order chi connectivity index (χ0) is 18.9. The van der Waals surface area contributed by atoms with Crippen LogP contribution in [0.3, 0.4) is 0 Å². The van der Waals surface area contributed by atoms with E-state index in [1.165, 1.54) is 28.8 Å². The molecule has 1 unspecified atom stereocenters. The molecule has 0 aliphatic heterocycles. The predicted octanol–water partition coefficient (Wildman–Crippen LogP) is -0.799. The van der Waals surface area contributed by atoms with Gasteiger partial charge in [-0.3, -0.25) is 0 Å². The predicted molar refractivity (Wildman–Crippen MR) is 106 cm³/mol. The molecule has 1 aliphatic carbocycles. The summed E-state index contributed by atoms with van der Waals surface area (Å²) in [4.78, 5) is 0. The fourth-order valence-corrected chi connectivity index (χ4v) is 5.25. The van der Waals surface area contributed by atoms with Gasteiger partial charge >= 0.3 is 8.84 Å². The van der Waals surface area contributed by atoms with Crippen molar-refractivity contribution >= 4 is 14.9 Å². The van der Waals surface area contributed by atoms with Crippen molar-refractivity contribution < 1.29 is 77.1 Å². The third kappa shape index (κ3) is 7.81. The second kappa shape index (κ2) is 13.5. The van der Waals surface area contributed by atoms with E-state index in [-0.39, 0.29) is 85.5 Å². The molecule has 2 nitrogen and oxygen atoms in total. The molecule has 0 N–H and O–H groups in total. The van der Waals surface area contributed by atoms with E-state index in [0.717, 1.165) is 12.0 Å². The molecule has 3 rings (SSSR count). The quantitative estimate of drug-likeness (QED) is 0.469. The minimum Gasteiger partial charge on any atom is -1.00 e. The van der Waals surface area contributed by atoms with Crippen molar-refractivity contribution in [3.8, 4) is 0 Å². The fourth-order valence-electron chi connectivity index (χ4n) is 3.40. The molecule has 0 spiro atoms. The summed E-state index contributed by atoms with van der Waals surface area (Å²) in [6.45, 7) is 6.27. The molecule has 0 saturated carbocycles. The molecule has 30 heavy (non-hydrogen) atoms. The Labute approximate surface area is 223 Å². The Morgan fingerprint density at radius 3 is 2.13 bits per heavy atom. The van der Waals surface area contributed by atoms with E-state index in [1.807, 2.05) is 35.9 Å². The van der Waals surface area contributed by atoms with E-state index in [4.69, 9.17) is 0 Å². The van der Waals surface area contributed by atoms with Crippen molar-refractivity contribution in [1.82, 2.24) is 4.57 Å². The van der Waals surface area contributed by atoms with Crippen LogP contribution in [-0.4, -0.2) is 26.0 Å². The summed E-state index contributed by atoms with van der Waals surface area (Å²) in [7, 11) is 0.0527. The molecule has 1 atom stereocenters. The molecule has 0 radical (unpaired) electrons. The molecule has 0 amide bonds. The normalized spacial score (nSPS) is 14.0. The van der Waals surface area contributed by atoms with Crippen molar-refractivity contribution in [2.75, 3.05) is 7.05 Å². The van der Waals surface area contributed by atoms with Crippen molar-refractivity contribution in [1.29, 1.82) is 0 Å². The summed E-state index contributed by atoms with van der Waals surface area (Å²) < 4.78 is 28.2. The first-order valence-corrected chi connectivity index (χ1v) is 10.6. The van der Waals surface area contributed by atoms with Crippen LogP contribution >= 0.6 is 0 Å². The largest absolute Gasteiger partial charge is 1.00 e. The number of rotatable bonds is 5. The second-order valence-corrected chi connectivity index (χ2v) is 9.90. The van der Waals surface area contributed by atoms with Gasteiger partial charge < -0.3 is 33.8 Å². The number of fused-ring (bicyclic) bond motifs is 1. The van der Waals surface area contributed by atoms with Gasteiger partial charge in [0.1, 0.15) is 5.82 Å². The van der Waals surface area contributed by atoms with Crippen LogP contribution in [0.1, 0.15) is 43.4 Å². The maximum atomic E-state index is 13.2. The van der Waals surface area contributed by atoms with Gasteiger partial charge in [-0.25, -0.2) is 4.39 Å². The van der Waals surface area contributed by atoms with Crippen LogP contribution in [0.2, 0.25) is 6.04 Å². The Kier molecular flexibility index (Phi) is 14.4. The first kappa shape index (κ1) is 32.1. The van der Waals surface area contributed by atoms with Crippen molar-refractivity contribution in [2.24, 2.45) is 0 Å². The van der Waals surface area contributed by atoms with Crippen LogP contribution in [0.4, 0.5) is 4.39 Å². The van der Waals surface area contributed by atoms with E-state index in [1.54, 1.807) is 0 Å². The van der Waals surface area contributed by atoms with Gasteiger partial charge in [-0.2, -0.15) is 0 Å². The van der Waals surface area contributed by atoms with Gasteiger partial charge in [-0.05, 0) is 56.0 Å². The summed E-state index contributed by atoms with van der Waals surface area (Å²) in [6, 6.07) is 15.7. The van der Waals surface area contributed by atoms with Gasteiger partial charge in [0.2, 0.25) is 0 Å². The minimum absolute atomic E-state index is 0. The minimum atomic E-state index is -1.90. The van der Waals surface area contributed by atoms with Crippen LogP contribution < -0.4 is 24.8 Å². The van der Waals surface area contributed by atoms with E-state index in [0.29, 0.717) is 6.04 Å². The molecule has 0 bridgehead atoms. The number of allylic oxidation sites excluding steroid dienone is 1. The summed E-state index contributed by atoms with van der Waals surface area (Å²) in [5.74, 6) is -0.0571. The Morgan fingerprint density at radius 2 is 1.57 bits per heavy atom. The zero-order valence-corrected chi connectivity index (χ0v) is 23.3.